The summed E-state index contributed by atoms with van der Waals surface area (Å²) >= 11 is 0. The molecule has 0 aliphatic carbocycles. The van der Waals surface area contributed by atoms with Gasteiger partial charge in [0.2, 0.25) is 0 Å². The molecule has 2 aliphatic heterocycles. The molecule has 82 valence electrons. The fraction of sp³-hybridized carbons (Fsp3) is 0.667. The lowest BCUT2D eigenvalue weighted by Crippen LogP contribution is -2.40. The van der Waals surface area contributed by atoms with E-state index in [4.69, 9.17) is 0 Å². The molecule has 0 amide bonds. The van der Waals surface area contributed by atoms with E-state index in [9.17, 15) is 8.42 Å². The summed E-state index contributed by atoms with van der Waals surface area (Å²) in [4.78, 5) is 0. The summed E-state index contributed by atoms with van der Waals surface area (Å²) in [5, 5.41) is 7.58. The van der Waals surface area contributed by atoms with Crippen molar-refractivity contribution in [1.29, 1.82) is 0 Å². The molecule has 3 rings (SSSR count). The monoisotopic (exact) mass is 227 g/mol. The quantitative estimate of drug-likeness (QED) is 0.702. The molecule has 1 aromatic heterocycles. The molecular formula is C9H13N3O2S. The predicted molar refractivity (Wildman–Crippen MR) is 55.3 cm³/mol. The van der Waals surface area contributed by atoms with E-state index in [2.05, 4.69) is 10.4 Å². The van der Waals surface area contributed by atoms with Gasteiger partial charge in [-0.1, -0.05) is 0 Å². The van der Waals surface area contributed by atoms with Crippen LogP contribution in [0, 0.1) is 0 Å². The van der Waals surface area contributed by atoms with Gasteiger partial charge in [0.1, 0.15) is 0 Å². The van der Waals surface area contributed by atoms with Crippen molar-refractivity contribution in [2.24, 2.45) is 0 Å². The molecule has 0 saturated carbocycles. The zero-order valence-corrected chi connectivity index (χ0v) is 9.13. The SMILES string of the molecule is O=S1(=O)CC(n2ncc3c2CNCC3)C1. The fourth-order valence-corrected chi connectivity index (χ4v) is 3.61. The Morgan fingerprint density at radius 2 is 2.27 bits per heavy atom. The second kappa shape index (κ2) is 3.05. The molecule has 2 aliphatic rings. The highest BCUT2D eigenvalue weighted by Crippen LogP contribution is 2.26. The first kappa shape index (κ1) is 9.35. The molecule has 6 heteroatoms. The lowest BCUT2D eigenvalue weighted by atomic mass is 10.1. The highest BCUT2D eigenvalue weighted by Gasteiger charge is 2.36. The van der Waals surface area contributed by atoms with Crippen molar-refractivity contribution in [2.45, 2.75) is 19.0 Å². The van der Waals surface area contributed by atoms with Crippen LogP contribution in [0.2, 0.25) is 0 Å². The summed E-state index contributed by atoms with van der Waals surface area (Å²) in [6, 6.07) is 0.0682. The molecule has 0 spiro atoms. The molecule has 0 atom stereocenters. The predicted octanol–water partition coefficient (Wildman–Crippen LogP) is -0.502. The number of sulfone groups is 1. The highest BCUT2D eigenvalue weighted by molar-refractivity contribution is 7.92. The lowest BCUT2D eigenvalue weighted by molar-refractivity contribution is 0.448. The summed E-state index contributed by atoms with van der Waals surface area (Å²) < 4.78 is 24.1. The zero-order chi connectivity index (χ0) is 10.5. The van der Waals surface area contributed by atoms with Crippen molar-refractivity contribution in [3.05, 3.63) is 17.5 Å². The standard InChI is InChI=1S/C9H13N3O2S/c13-15(14)5-8(6-15)12-9-4-10-2-1-7(9)3-11-12/h3,8,10H,1-2,4-6H2. The van der Waals surface area contributed by atoms with E-state index < -0.39 is 9.84 Å². The van der Waals surface area contributed by atoms with Crippen LogP contribution in [0.1, 0.15) is 17.3 Å². The van der Waals surface area contributed by atoms with Crippen molar-refractivity contribution in [3.63, 3.8) is 0 Å². The maximum atomic E-state index is 11.1. The van der Waals surface area contributed by atoms with Crippen molar-refractivity contribution in [2.75, 3.05) is 18.1 Å². The summed E-state index contributed by atoms with van der Waals surface area (Å²) in [5.41, 5.74) is 2.43. The van der Waals surface area contributed by atoms with Gasteiger partial charge >= 0.3 is 0 Å². The van der Waals surface area contributed by atoms with E-state index in [1.54, 1.807) is 0 Å². The van der Waals surface area contributed by atoms with Crippen LogP contribution in [0.4, 0.5) is 0 Å². The minimum Gasteiger partial charge on any atom is -0.311 e. The van der Waals surface area contributed by atoms with Gasteiger partial charge in [-0.2, -0.15) is 5.10 Å². The molecule has 3 heterocycles. The summed E-state index contributed by atoms with van der Waals surface area (Å²) in [7, 11) is -2.76. The van der Waals surface area contributed by atoms with Crippen molar-refractivity contribution < 1.29 is 8.42 Å². The van der Waals surface area contributed by atoms with Crippen LogP contribution in [0.15, 0.2) is 6.20 Å². The Morgan fingerprint density at radius 3 is 3.00 bits per heavy atom. The van der Waals surface area contributed by atoms with Gasteiger partial charge in [-0.25, -0.2) is 8.42 Å². The Bertz CT molecular complexity index is 479. The van der Waals surface area contributed by atoms with Gasteiger partial charge in [0.05, 0.1) is 29.4 Å². The third-order valence-electron chi connectivity index (χ3n) is 3.09. The first-order valence-corrected chi connectivity index (χ1v) is 6.94. The maximum absolute atomic E-state index is 11.1. The zero-order valence-electron chi connectivity index (χ0n) is 8.31. The van der Waals surface area contributed by atoms with Crippen LogP contribution < -0.4 is 5.32 Å². The van der Waals surface area contributed by atoms with Crippen molar-refractivity contribution >= 4 is 9.84 Å². The molecular weight excluding hydrogens is 214 g/mol. The normalized spacial score (nSPS) is 24.5. The second-order valence-corrected chi connectivity index (χ2v) is 6.37. The van der Waals surface area contributed by atoms with Crippen LogP contribution in [-0.4, -0.2) is 36.2 Å². The number of hydrogen-bond acceptors (Lipinski definition) is 4. The van der Waals surface area contributed by atoms with Crippen LogP contribution in [0.3, 0.4) is 0 Å². The molecule has 1 N–H and O–H groups in total. The molecule has 1 saturated heterocycles. The third-order valence-corrected chi connectivity index (χ3v) is 4.87. The van der Waals surface area contributed by atoms with E-state index in [0.717, 1.165) is 19.5 Å². The maximum Gasteiger partial charge on any atom is 0.154 e. The first-order valence-electron chi connectivity index (χ1n) is 5.12. The Morgan fingerprint density at radius 1 is 1.47 bits per heavy atom. The van der Waals surface area contributed by atoms with Crippen LogP contribution >= 0.6 is 0 Å². The fourth-order valence-electron chi connectivity index (χ4n) is 2.25. The summed E-state index contributed by atoms with van der Waals surface area (Å²) in [5.74, 6) is 0.502. The van der Waals surface area contributed by atoms with E-state index in [1.165, 1.54) is 11.3 Å². The Hall–Kier alpha value is -0.880. The minimum absolute atomic E-state index is 0.0682. The molecule has 1 aromatic rings. The van der Waals surface area contributed by atoms with Gasteiger partial charge in [-0.05, 0) is 18.5 Å². The molecule has 0 radical (unpaired) electrons. The average molecular weight is 227 g/mol. The number of nitrogens with one attached hydrogen (secondary N) is 1. The number of hydrogen-bond donors (Lipinski definition) is 1. The lowest BCUT2D eigenvalue weighted by Gasteiger charge is -2.28. The largest absolute Gasteiger partial charge is 0.311 e. The molecule has 0 unspecified atom stereocenters. The van der Waals surface area contributed by atoms with E-state index >= 15 is 0 Å². The topological polar surface area (TPSA) is 64.0 Å². The molecule has 0 bridgehead atoms. The van der Waals surface area contributed by atoms with E-state index in [-0.39, 0.29) is 17.5 Å². The van der Waals surface area contributed by atoms with Gasteiger partial charge in [-0.15, -0.1) is 0 Å². The van der Waals surface area contributed by atoms with Crippen LogP contribution in [0.25, 0.3) is 0 Å². The first-order chi connectivity index (χ1) is 7.16. The van der Waals surface area contributed by atoms with Gasteiger partial charge in [0, 0.05) is 6.54 Å². The van der Waals surface area contributed by atoms with Gasteiger partial charge in [0.25, 0.3) is 0 Å². The Balaban J connectivity index is 1.90. The molecule has 0 aromatic carbocycles. The Labute approximate surface area is 88.4 Å². The van der Waals surface area contributed by atoms with Crippen molar-refractivity contribution in [3.8, 4) is 0 Å². The molecule has 5 nitrogen and oxygen atoms in total. The summed E-state index contributed by atoms with van der Waals surface area (Å²) in [6.07, 6.45) is 2.87. The minimum atomic E-state index is -2.76. The molecule has 1 fully saturated rings. The van der Waals surface area contributed by atoms with E-state index in [1.807, 2.05) is 10.9 Å². The number of nitrogens with zero attached hydrogens (tertiary/aromatic N) is 2. The second-order valence-electron chi connectivity index (χ2n) is 4.22. The van der Waals surface area contributed by atoms with Gasteiger partial charge in [0.15, 0.2) is 9.84 Å². The van der Waals surface area contributed by atoms with Crippen LogP contribution in [-0.2, 0) is 22.8 Å². The Kier molecular flexibility index (Phi) is 1.90. The smallest absolute Gasteiger partial charge is 0.154 e. The van der Waals surface area contributed by atoms with Crippen LogP contribution in [0.5, 0.6) is 0 Å². The molecule has 15 heavy (non-hydrogen) atoms. The van der Waals surface area contributed by atoms with E-state index in [0.29, 0.717) is 0 Å². The highest BCUT2D eigenvalue weighted by atomic mass is 32.2. The average Bonchev–Trinajstić information content (AvgIpc) is 2.57. The number of fused-ring (bicyclic) bond motifs is 1. The summed E-state index contributed by atoms with van der Waals surface area (Å²) in [6.45, 7) is 1.80. The van der Waals surface area contributed by atoms with Gasteiger partial charge in [-0.3, -0.25) is 4.68 Å². The van der Waals surface area contributed by atoms with Gasteiger partial charge < -0.3 is 5.32 Å². The third kappa shape index (κ3) is 1.48. The number of aromatic nitrogens is 2. The number of rotatable bonds is 1. The van der Waals surface area contributed by atoms with Crippen molar-refractivity contribution in [1.82, 2.24) is 15.1 Å².